The van der Waals surface area contributed by atoms with Crippen LogP contribution in [0.3, 0.4) is 0 Å². The van der Waals surface area contributed by atoms with Gasteiger partial charge in [0.15, 0.2) is 0 Å². The second kappa shape index (κ2) is 19.6. The van der Waals surface area contributed by atoms with Crippen molar-refractivity contribution in [2.24, 2.45) is 5.92 Å². The molecule has 1 aliphatic rings. The maximum Gasteiger partial charge on any atom is 0.225 e. The fraction of sp³-hybridized carbons (Fsp3) is 0.180. The molecule has 1 aliphatic carbocycles. The molecule has 0 unspecified atom stereocenters. The van der Waals surface area contributed by atoms with Crippen LogP contribution in [0.15, 0.2) is 200 Å². The third-order valence-corrected chi connectivity index (χ3v) is 13.8. The van der Waals surface area contributed by atoms with Gasteiger partial charge in [0.1, 0.15) is 11.6 Å². The standard InChI is InChI=1S/C61H56N8/c1-40(2)36-64-60-66-52(34-54(68-60)62-37-46-28-15-25-41-18-9-12-31-49(41)46)58-56(44-21-5-3-6-22-44)59(57(58)45-23-7-4-8-24-45)53-35-55(63-38-47-29-16-26-42-19-10-13-32-50(42)47)69-61(67-53)65-39-48-30-17-27-43-20-11-14-33-51(43)48/h3-35,40,56-59H,36-39H2,1-2H3,(H2,62,64,66,68)(H2,63,65,67,69)/t56-,57-,58?,59?/m0/s1. The fourth-order valence-electron chi connectivity index (χ4n) is 10.5. The quantitative estimate of drug-likeness (QED) is 0.0761. The van der Waals surface area contributed by atoms with E-state index < -0.39 is 0 Å². The van der Waals surface area contributed by atoms with Crippen molar-refractivity contribution in [1.29, 1.82) is 0 Å². The maximum absolute atomic E-state index is 5.49. The molecule has 0 radical (unpaired) electrons. The van der Waals surface area contributed by atoms with E-state index in [0.29, 0.717) is 37.4 Å². The summed E-state index contributed by atoms with van der Waals surface area (Å²) in [5.41, 5.74) is 8.08. The lowest BCUT2D eigenvalue weighted by molar-refractivity contribution is 0.220. The zero-order valence-electron chi connectivity index (χ0n) is 39.1. The van der Waals surface area contributed by atoms with Crippen molar-refractivity contribution in [2.75, 3.05) is 27.8 Å². The average molecular weight is 901 g/mol. The third-order valence-electron chi connectivity index (χ3n) is 13.8. The molecule has 2 heterocycles. The second-order valence-electron chi connectivity index (χ2n) is 18.7. The van der Waals surface area contributed by atoms with Crippen molar-refractivity contribution in [1.82, 2.24) is 19.9 Å². The van der Waals surface area contributed by atoms with Gasteiger partial charge < -0.3 is 21.3 Å². The lowest BCUT2D eigenvalue weighted by atomic mass is 9.50. The van der Waals surface area contributed by atoms with Crippen LogP contribution in [0.1, 0.15) is 76.7 Å². The van der Waals surface area contributed by atoms with Gasteiger partial charge in [-0.1, -0.05) is 202 Å². The Morgan fingerprint density at radius 2 is 0.725 bits per heavy atom. The fourth-order valence-corrected chi connectivity index (χ4v) is 10.5. The summed E-state index contributed by atoms with van der Waals surface area (Å²) in [6.07, 6.45) is 0. The Balaban J connectivity index is 1.01. The summed E-state index contributed by atoms with van der Waals surface area (Å²) in [6.45, 7) is 6.99. The van der Waals surface area contributed by atoms with Crippen molar-refractivity contribution in [3.05, 3.63) is 239 Å². The van der Waals surface area contributed by atoms with Crippen LogP contribution in [0.2, 0.25) is 0 Å². The minimum atomic E-state index is -0.0202. The molecule has 69 heavy (non-hydrogen) atoms. The van der Waals surface area contributed by atoms with Crippen LogP contribution in [-0.2, 0) is 19.6 Å². The lowest BCUT2D eigenvalue weighted by Crippen LogP contribution is -2.41. The van der Waals surface area contributed by atoms with E-state index >= 15 is 0 Å². The first-order valence-electron chi connectivity index (χ1n) is 24.3. The van der Waals surface area contributed by atoms with Gasteiger partial charge in [-0.2, -0.15) is 9.97 Å². The summed E-state index contributed by atoms with van der Waals surface area (Å²) < 4.78 is 0. The molecule has 8 heteroatoms. The number of anilines is 4. The first kappa shape index (κ1) is 43.5. The van der Waals surface area contributed by atoms with Crippen LogP contribution < -0.4 is 21.3 Å². The van der Waals surface area contributed by atoms with E-state index in [0.717, 1.165) is 29.6 Å². The summed E-state index contributed by atoms with van der Waals surface area (Å²) in [7, 11) is 0. The molecule has 1 fully saturated rings. The number of rotatable bonds is 16. The molecule has 0 spiro atoms. The molecule has 0 amide bonds. The van der Waals surface area contributed by atoms with E-state index in [-0.39, 0.29) is 23.7 Å². The van der Waals surface area contributed by atoms with Crippen LogP contribution >= 0.6 is 0 Å². The molecule has 8 nitrogen and oxygen atoms in total. The Kier molecular flexibility index (Phi) is 12.4. The van der Waals surface area contributed by atoms with Crippen molar-refractivity contribution < 1.29 is 0 Å². The summed E-state index contributed by atoms with van der Waals surface area (Å²) in [4.78, 5) is 21.2. The number of benzene rings is 8. The highest BCUT2D eigenvalue weighted by molar-refractivity contribution is 5.87. The van der Waals surface area contributed by atoms with Gasteiger partial charge in [-0.15, -0.1) is 0 Å². The molecule has 2 aromatic heterocycles. The van der Waals surface area contributed by atoms with Crippen LogP contribution in [0.25, 0.3) is 32.3 Å². The minimum Gasteiger partial charge on any atom is -0.366 e. The largest absolute Gasteiger partial charge is 0.366 e. The van der Waals surface area contributed by atoms with Gasteiger partial charge in [-0.25, -0.2) is 9.97 Å². The zero-order valence-corrected chi connectivity index (χ0v) is 39.1. The molecule has 4 N–H and O–H groups in total. The third kappa shape index (κ3) is 9.31. The highest BCUT2D eigenvalue weighted by Gasteiger charge is 2.54. The van der Waals surface area contributed by atoms with Gasteiger partial charge in [-0.05, 0) is 66.1 Å². The van der Waals surface area contributed by atoms with Crippen molar-refractivity contribution in [2.45, 2.75) is 57.2 Å². The predicted octanol–water partition coefficient (Wildman–Crippen LogP) is 14.1. The van der Waals surface area contributed by atoms with Crippen LogP contribution in [0.5, 0.6) is 0 Å². The van der Waals surface area contributed by atoms with E-state index in [9.17, 15) is 0 Å². The Bertz CT molecular complexity index is 3210. The predicted molar refractivity (Wildman–Crippen MR) is 285 cm³/mol. The summed E-state index contributed by atoms with van der Waals surface area (Å²) in [5.74, 6) is 3.24. The zero-order chi connectivity index (χ0) is 46.5. The van der Waals surface area contributed by atoms with Gasteiger partial charge in [0, 0.05) is 62.0 Å². The Morgan fingerprint density at radius 3 is 1.14 bits per heavy atom. The number of hydrogen-bond donors (Lipinski definition) is 4. The van der Waals surface area contributed by atoms with Gasteiger partial charge in [-0.3, -0.25) is 0 Å². The molecule has 2 atom stereocenters. The molecule has 0 aliphatic heterocycles. The SMILES string of the molecule is CC(C)CNc1nc(NCc2cccc3ccccc23)cc(C2[C@H](c3ccccc3)C(c3cc(NCc4cccc5ccccc45)nc(NCc4cccc5ccccc45)n3)[C@H]2c2ccccc2)n1. The smallest absolute Gasteiger partial charge is 0.225 e. The van der Waals surface area contributed by atoms with Gasteiger partial charge in [0.05, 0.1) is 11.4 Å². The van der Waals surface area contributed by atoms with Gasteiger partial charge in [0.25, 0.3) is 0 Å². The molecule has 1 saturated carbocycles. The molecule has 10 aromatic rings. The second-order valence-corrected chi connectivity index (χ2v) is 18.7. The molecule has 340 valence electrons. The molecular weight excluding hydrogens is 845 g/mol. The first-order valence-corrected chi connectivity index (χ1v) is 24.3. The van der Waals surface area contributed by atoms with Crippen molar-refractivity contribution in [3.63, 3.8) is 0 Å². The Hall–Kier alpha value is -8.10. The molecule has 8 aromatic carbocycles. The van der Waals surface area contributed by atoms with Gasteiger partial charge in [0.2, 0.25) is 11.9 Å². The highest BCUT2D eigenvalue weighted by atomic mass is 15.2. The van der Waals surface area contributed by atoms with Crippen LogP contribution in [0, 0.1) is 5.92 Å². The van der Waals surface area contributed by atoms with E-state index in [1.54, 1.807) is 0 Å². The summed E-state index contributed by atoms with van der Waals surface area (Å²) >= 11 is 0. The number of hydrogen-bond acceptors (Lipinski definition) is 8. The van der Waals surface area contributed by atoms with Crippen molar-refractivity contribution >= 4 is 55.8 Å². The number of nitrogens with one attached hydrogen (secondary N) is 4. The summed E-state index contributed by atoms with van der Waals surface area (Å²) in [5, 5.41) is 22.1. The van der Waals surface area contributed by atoms with Crippen molar-refractivity contribution in [3.8, 4) is 0 Å². The Labute approximate surface area is 404 Å². The van der Waals surface area contributed by atoms with E-state index in [1.807, 2.05) is 0 Å². The minimum absolute atomic E-state index is 0.00495. The van der Waals surface area contributed by atoms with Crippen LogP contribution in [-0.4, -0.2) is 26.5 Å². The molecular formula is C61H56N8. The topological polar surface area (TPSA) is 99.7 Å². The normalized spacial score (nSPS) is 16.6. The number of aromatic nitrogens is 4. The Morgan fingerprint density at radius 1 is 0.362 bits per heavy atom. The lowest BCUT2D eigenvalue weighted by Gasteiger charge is -2.52. The first-order chi connectivity index (χ1) is 34.0. The molecule has 11 rings (SSSR count). The van der Waals surface area contributed by atoms with Crippen LogP contribution in [0.4, 0.5) is 23.5 Å². The van der Waals surface area contributed by atoms with Gasteiger partial charge >= 0.3 is 0 Å². The average Bonchev–Trinajstić information content (AvgIpc) is 3.39. The van der Waals surface area contributed by atoms with E-state index in [4.69, 9.17) is 19.9 Å². The highest BCUT2D eigenvalue weighted by Crippen LogP contribution is 2.66. The maximum atomic E-state index is 5.49. The number of fused-ring (bicyclic) bond motifs is 3. The van der Waals surface area contributed by atoms with E-state index in [2.05, 4.69) is 235 Å². The summed E-state index contributed by atoms with van der Waals surface area (Å²) in [6, 6.07) is 71.4. The monoisotopic (exact) mass is 900 g/mol. The molecule has 0 bridgehead atoms. The molecule has 0 saturated heterocycles. The van der Waals surface area contributed by atoms with E-state index in [1.165, 1.54) is 60.1 Å². The number of nitrogens with zero attached hydrogens (tertiary/aromatic N) is 4.